The minimum absolute atomic E-state index is 0.239. The van der Waals surface area contributed by atoms with Crippen LogP contribution in [-0.2, 0) is 9.59 Å². The molecule has 0 aromatic heterocycles. The summed E-state index contributed by atoms with van der Waals surface area (Å²) in [6.07, 6.45) is 0.563. The number of hydrogen-bond donors (Lipinski definition) is 2. The van der Waals surface area contributed by atoms with Crippen molar-refractivity contribution in [1.82, 2.24) is 5.32 Å². The van der Waals surface area contributed by atoms with Gasteiger partial charge in [-0.15, -0.1) is 0 Å². The molecule has 4 nitrogen and oxygen atoms in total. The maximum Gasteiger partial charge on any atom is 0.247 e. The molecule has 2 N–H and O–H groups in total. The summed E-state index contributed by atoms with van der Waals surface area (Å²) in [5.74, 6) is -2.62. The molecule has 2 rings (SSSR count). The summed E-state index contributed by atoms with van der Waals surface area (Å²) in [4.78, 5) is 22.6. The third kappa shape index (κ3) is 2.66. The molecule has 0 radical (unpaired) electrons. The van der Waals surface area contributed by atoms with Crippen molar-refractivity contribution in [1.29, 1.82) is 0 Å². The highest BCUT2D eigenvalue weighted by Crippen LogP contribution is 2.24. The minimum Gasteiger partial charge on any atom is -0.344 e. The van der Waals surface area contributed by atoms with Crippen molar-refractivity contribution in [2.75, 3.05) is 5.32 Å². The van der Waals surface area contributed by atoms with Crippen molar-refractivity contribution in [2.45, 2.75) is 18.9 Å². The number of amides is 2. The van der Waals surface area contributed by atoms with Crippen LogP contribution in [0.25, 0.3) is 0 Å². The first kappa shape index (κ1) is 12.9. The van der Waals surface area contributed by atoms with E-state index in [2.05, 4.69) is 26.6 Å². The minimum atomic E-state index is -0.875. The molecule has 0 spiro atoms. The van der Waals surface area contributed by atoms with Gasteiger partial charge in [-0.1, -0.05) is 15.9 Å². The zero-order valence-electron chi connectivity index (χ0n) is 9.10. The Balaban J connectivity index is 2.14. The Hall–Kier alpha value is -1.50. The van der Waals surface area contributed by atoms with Crippen LogP contribution in [-0.4, -0.2) is 17.9 Å². The predicted molar refractivity (Wildman–Crippen MR) is 63.9 cm³/mol. The third-order valence-electron chi connectivity index (χ3n) is 2.57. The van der Waals surface area contributed by atoms with Crippen LogP contribution in [0.2, 0.25) is 0 Å². The summed E-state index contributed by atoms with van der Waals surface area (Å²) in [5, 5.41) is 4.56. The highest BCUT2D eigenvalue weighted by atomic mass is 79.9. The Labute approximate surface area is 110 Å². The molecule has 1 aromatic rings. The lowest BCUT2D eigenvalue weighted by Crippen LogP contribution is -2.37. The van der Waals surface area contributed by atoms with Gasteiger partial charge >= 0.3 is 0 Å². The molecular weight excluding hydrogens is 310 g/mol. The van der Waals surface area contributed by atoms with E-state index in [-0.39, 0.29) is 16.8 Å². The number of halogens is 3. The zero-order chi connectivity index (χ0) is 13.3. The van der Waals surface area contributed by atoms with E-state index >= 15 is 0 Å². The molecule has 2 amide bonds. The molecule has 18 heavy (non-hydrogen) atoms. The summed E-state index contributed by atoms with van der Waals surface area (Å²) in [6, 6.07) is 1.36. The first-order valence-electron chi connectivity index (χ1n) is 5.22. The van der Waals surface area contributed by atoms with Crippen molar-refractivity contribution in [2.24, 2.45) is 0 Å². The Kier molecular flexibility index (Phi) is 3.60. The van der Waals surface area contributed by atoms with Crippen LogP contribution in [0.5, 0.6) is 0 Å². The molecule has 0 bridgehead atoms. The Bertz CT molecular complexity index is 499. The van der Waals surface area contributed by atoms with Crippen molar-refractivity contribution in [3.05, 3.63) is 28.2 Å². The van der Waals surface area contributed by atoms with Crippen LogP contribution in [0, 0.1) is 11.6 Å². The van der Waals surface area contributed by atoms with Gasteiger partial charge in [0, 0.05) is 10.9 Å². The second-order valence-electron chi connectivity index (χ2n) is 3.89. The lowest BCUT2D eigenvalue weighted by molar-refractivity contribution is -0.122. The maximum atomic E-state index is 13.5. The van der Waals surface area contributed by atoms with Gasteiger partial charge in [0.2, 0.25) is 11.8 Å². The van der Waals surface area contributed by atoms with E-state index in [1.54, 1.807) is 0 Å². The van der Waals surface area contributed by atoms with E-state index in [0.29, 0.717) is 6.42 Å². The van der Waals surface area contributed by atoms with Crippen molar-refractivity contribution < 1.29 is 18.4 Å². The summed E-state index contributed by atoms with van der Waals surface area (Å²) < 4.78 is 27.2. The van der Waals surface area contributed by atoms with E-state index in [1.165, 1.54) is 0 Å². The SMILES string of the molecule is O=C1CCC(C(=O)Nc2c(F)cc(Br)cc2F)N1. The molecule has 0 aliphatic carbocycles. The van der Waals surface area contributed by atoms with Gasteiger partial charge in [0.05, 0.1) is 0 Å². The molecule has 1 fully saturated rings. The lowest BCUT2D eigenvalue weighted by atomic mass is 10.2. The molecule has 0 saturated carbocycles. The average molecular weight is 319 g/mol. The smallest absolute Gasteiger partial charge is 0.247 e. The zero-order valence-corrected chi connectivity index (χ0v) is 10.7. The molecule has 1 aliphatic rings. The van der Waals surface area contributed by atoms with E-state index in [4.69, 9.17) is 0 Å². The van der Waals surface area contributed by atoms with Gasteiger partial charge in [-0.2, -0.15) is 0 Å². The van der Waals surface area contributed by atoms with Crippen LogP contribution >= 0.6 is 15.9 Å². The summed E-state index contributed by atoms with van der Waals surface area (Å²) in [5.41, 5.74) is -0.510. The summed E-state index contributed by atoms with van der Waals surface area (Å²) in [6.45, 7) is 0. The van der Waals surface area contributed by atoms with Crippen molar-refractivity contribution in [3.8, 4) is 0 Å². The van der Waals surface area contributed by atoms with Gasteiger partial charge in [0.1, 0.15) is 11.7 Å². The van der Waals surface area contributed by atoms with Crippen LogP contribution in [0.15, 0.2) is 16.6 Å². The van der Waals surface area contributed by atoms with Gasteiger partial charge in [0.15, 0.2) is 11.6 Å². The van der Waals surface area contributed by atoms with Crippen molar-refractivity contribution >= 4 is 33.4 Å². The van der Waals surface area contributed by atoms with Gasteiger partial charge < -0.3 is 10.6 Å². The maximum absolute atomic E-state index is 13.5. The Morgan fingerprint density at radius 2 is 2.00 bits per heavy atom. The first-order chi connectivity index (χ1) is 8.47. The molecule has 1 atom stereocenters. The second-order valence-corrected chi connectivity index (χ2v) is 4.81. The number of nitrogens with one attached hydrogen (secondary N) is 2. The fraction of sp³-hybridized carbons (Fsp3) is 0.273. The number of hydrogen-bond acceptors (Lipinski definition) is 2. The standard InChI is InChI=1S/C11H9BrF2N2O2/c12-5-3-6(13)10(7(14)4-5)16-11(18)8-1-2-9(17)15-8/h3-4,8H,1-2H2,(H,15,17)(H,16,18). The van der Waals surface area contributed by atoms with E-state index in [1.807, 2.05) is 0 Å². The topological polar surface area (TPSA) is 58.2 Å². The quantitative estimate of drug-likeness (QED) is 0.875. The molecule has 1 saturated heterocycles. The summed E-state index contributed by atoms with van der Waals surface area (Å²) >= 11 is 2.94. The van der Waals surface area contributed by atoms with Crippen molar-refractivity contribution in [3.63, 3.8) is 0 Å². The van der Waals surface area contributed by atoms with Crippen LogP contribution < -0.4 is 10.6 Å². The van der Waals surface area contributed by atoms with Gasteiger partial charge in [0.25, 0.3) is 0 Å². The predicted octanol–water partition coefficient (Wildman–Crippen LogP) is 1.94. The van der Waals surface area contributed by atoms with Crippen LogP contribution in [0.1, 0.15) is 12.8 Å². The monoisotopic (exact) mass is 318 g/mol. The van der Waals surface area contributed by atoms with Gasteiger partial charge in [-0.25, -0.2) is 8.78 Å². The Morgan fingerprint density at radius 3 is 2.50 bits per heavy atom. The van der Waals surface area contributed by atoms with E-state index in [0.717, 1.165) is 12.1 Å². The molecule has 1 unspecified atom stereocenters. The molecule has 96 valence electrons. The van der Waals surface area contributed by atoms with Crippen LogP contribution in [0.4, 0.5) is 14.5 Å². The van der Waals surface area contributed by atoms with Gasteiger partial charge in [-0.3, -0.25) is 9.59 Å². The van der Waals surface area contributed by atoms with E-state index < -0.39 is 29.3 Å². The number of carbonyl (C=O) groups is 2. The molecule has 7 heteroatoms. The van der Waals surface area contributed by atoms with Gasteiger partial charge in [-0.05, 0) is 18.6 Å². The fourth-order valence-electron chi connectivity index (χ4n) is 1.68. The van der Waals surface area contributed by atoms with Crippen LogP contribution in [0.3, 0.4) is 0 Å². The average Bonchev–Trinajstić information content (AvgIpc) is 2.70. The fourth-order valence-corrected chi connectivity index (χ4v) is 2.08. The Morgan fingerprint density at radius 1 is 1.39 bits per heavy atom. The number of carbonyl (C=O) groups excluding carboxylic acids is 2. The highest BCUT2D eigenvalue weighted by Gasteiger charge is 2.28. The first-order valence-corrected chi connectivity index (χ1v) is 6.01. The normalized spacial score (nSPS) is 18.6. The molecular formula is C11H9BrF2N2O2. The molecule has 1 heterocycles. The largest absolute Gasteiger partial charge is 0.344 e. The highest BCUT2D eigenvalue weighted by molar-refractivity contribution is 9.10. The second kappa shape index (κ2) is 5.01. The molecule has 1 aliphatic heterocycles. The third-order valence-corrected chi connectivity index (χ3v) is 3.02. The lowest BCUT2D eigenvalue weighted by Gasteiger charge is -2.12. The number of anilines is 1. The number of benzene rings is 1. The summed E-state index contributed by atoms with van der Waals surface area (Å²) in [7, 11) is 0. The number of rotatable bonds is 2. The van der Waals surface area contributed by atoms with E-state index in [9.17, 15) is 18.4 Å². The molecule has 1 aromatic carbocycles.